The van der Waals surface area contributed by atoms with E-state index in [-0.39, 0.29) is 43.5 Å². The lowest BCUT2D eigenvalue weighted by molar-refractivity contribution is -0.207. The average molecular weight is 1300 g/mol. The summed E-state index contributed by atoms with van der Waals surface area (Å²) in [6.07, 6.45) is 10.2. The number of alkyl halides is 2. The molecule has 5 aromatic carbocycles. The molecule has 502 valence electrons. The number of rotatable bonds is 19. The van der Waals surface area contributed by atoms with Crippen LogP contribution in [-0.4, -0.2) is 143 Å². The maximum Gasteiger partial charge on any atom is 0.494 e. The number of nitrogens with zero attached hydrogens (tertiary/aromatic N) is 13. The molecule has 8 aromatic rings. The van der Waals surface area contributed by atoms with E-state index in [4.69, 9.17) is 9.31 Å². The topological polar surface area (TPSA) is 182 Å². The minimum absolute atomic E-state index is 0. The molecule has 4 unspecified atom stereocenters. The van der Waals surface area contributed by atoms with Crippen LogP contribution in [0, 0.1) is 11.6 Å². The van der Waals surface area contributed by atoms with Crippen molar-refractivity contribution >= 4 is 41.0 Å². The molecule has 3 aromatic heterocycles. The van der Waals surface area contributed by atoms with E-state index in [2.05, 4.69) is 135 Å². The molecule has 12 rings (SSSR count). The van der Waals surface area contributed by atoms with Crippen molar-refractivity contribution in [1.82, 2.24) is 39.2 Å². The Balaban J connectivity index is 0.000000217. The molecule has 5 atom stereocenters. The summed E-state index contributed by atoms with van der Waals surface area (Å²) in [6, 6.07) is 37.1. The third-order valence-electron chi connectivity index (χ3n) is 19.1. The molecular formula is C71H86BF4N13O6. The molecule has 19 nitrogen and oxygen atoms in total. The molecule has 4 aliphatic heterocycles. The van der Waals surface area contributed by atoms with Crippen LogP contribution in [0.15, 0.2) is 182 Å². The van der Waals surface area contributed by atoms with Crippen molar-refractivity contribution in [2.75, 3.05) is 76.9 Å². The summed E-state index contributed by atoms with van der Waals surface area (Å²) < 4.78 is 77.4. The smallest absolute Gasteiger partial charge is 0.399 e. The minimum atomic E-state index is -4.15. The summed E-state index contributed by atoms with van der Waals surface area (Å²) in [6.45, 7) is 26.1. The van der Waals surface area contributed by atoms with Crippen LogP contribution in [0.5, 0.6) is 0 Å². The average Bonchev–Trinajstić information content (AvgIpc) is 1.40. The van der Waals surface area contributed by atoms with Crippen molar-refractivity contribution < 1.29 is 42.2 Å². The number of halogens is 4. The van der Waals surface area contributed by atoms with Gasteiger partial charge in [-0.3, -0.25) is 14.1 Å². The normalized spacial score (nSPS) is 18.3. The Hall–Kier alpha value is -8.81. The van der Waals surface area contributed by atoms with Gasteiger partial charge >= 0.3 is 18.7 Å². The zero-order chi connectivity index (χ0) is 66.9. The Morgan fingerprint density at radius 3 is 1.59 bits per heavy atom. The maximum atomic E-state index is 16.2. The molecule has 0 saturated carbocycles. The van der Waals surface area contributed by atoms with Gasteiger partial charge in [-0.2, -0.15) is 8.78 Å². The second-order valence-electron chi connectivity index (χ2n) is 25.5. The molecule has 3 N–H and O–H groups in total. The van der Waals surface area contributed by atoms with Crippen LogP contribution in [0.2, 0.25) is 0 Å². The van der Waals surface area contributed by atoms with Crippen molar-refractivity contribution in [2.45, 2.75) is 129 Å². The van der Waals surface area contributed by atoms with E-state index in [0.29, 0.717) is 18.1 Å². The third kappa shape index (κ3) is 14.1. The number of hydrogen-bond acceptors (Lipinski definition) is 16. The number of aliphatic hydroxyl groups is 3. The first kappa shape index (κ1) is 69.0. The highest BCUT2D eigenvalue weighted by Gasteiger charge is 2.58. The summed E-state index contributed by atoms with van der Waals surface area (Å²) in [5.74, 6) is -5.68. The van der Waals surface area contributed by atoms with Gasteiger partial charge in [-0.1, -0.05) is 58.2 Å². The number of hydrogen-bond donors (Lipinski definition) is 3. The molecular weight excluding hydrogens is 1220 g/mol. The van der Waals surface area contributed by atoms with E-state index in [1.807, 2.05) is 72.4 Å². The molecule has 0 radical (unpaired) electrons. The Morgan fingerprint density at radius 1 is 0.642 bits per heavy atom. The lowest BCUT2D eigenvalue weighted by atomic mass is 9.79. The fourth-order valence-electron chi connectivity index (χ4n) is 12.8. The van der Waals surface area contributed by atoms with Gasteiger partial charge in [-0.25, -0.2) is 18.3 Å². The first-order valence-corrected chi connectivity index (χ1v) is 32.0. The van der Waals surface area contributed by atoms with Gasteiger partial charge in [-0.15, -0.1) is 5.10 Å². The zero-order valence-corrected chi connectivity index (χ0v) is 54.4. The van der Waals surface area contributed by atoms with E-state index in [9.17, 15) is 28.9 Å². The van der Waals surface area contributed by atoms with E-state index in [1.165, 1.54) is 18.0 Å². The first-order chi connectivity index (χ1) is 44.9. The number of aliphatic hydroxyl groups excluding tert-OH is 2. The van der Waals surface area contributed by atoms with Crippen LogP contribution in [0.25, 0.3) is 16.8 Å². The van der Waals surface area contributed by atoms with Gasteiger partial charge in [0.1, 0.15) is 29.5 Å². The Bertz CT molecular complexity index is 3940. The first-order valence-electron chi connectivity index (χ1n) is 32.0. The van der Waals surface area contributed by atoms with Gasteiger partial charge in [-0.05, 0) is 167 Å². The minimum Gasteiger partial charge on any atom is -0.399 e. The fourth-order valence-corrected chi connectivity index (χ4v) is 12.8. The van der Waals surface area contributed by atoms with Crippen LogP contribution in [0.3, 0.4) is 0 Å². The second-order valence-corrected chi connectivity index (χ2v) is 25.5. The lowest BCUT2D eigenvalue weighted by Crippen LogP contribution is -2.48. The van der Waals surface area contributed by atoms with Crippen molar-refractivity contribution in [1.29, 1.82) is 0 Å². The molecule has 0 bridgehead atoms. The Morgan fingerprint density at radius 2 is 1.13 bits per heavy atom. The SMILES string of the molecule is C.C=C1N(c2ccc(N3CCN(c4ccc(-c5ccc(C(F)(F)[C@](O)(Cn6cnnn6)c6ccc(F)cc6F)nc5)cc4)CC3)cc2)C=CN1C(CC)C(C)O.CCC(C(C)O)n1ccn(-c2ccc(N3CCN(c4ccc(B5OC(C)(C)C(C)(C)O5)cc4)CC3)cc2)c1=O. The molecule has 3 fully saturated rings. The number of piperazine rings is 2. The van der Waals surface area contributed by atoms with Crippen LogP contribution in [0.1, 0.15) is 93.0 Å². The highest BCUT2D eigenvalue weighted by atomic mass is 19.3. The summed E-state index contributed by atoms with van der Waals surface area (Å²) >= 11 is 0. The number of aromatic nitrogens is 7. The van der Waals surface area contributed by atoms with E-state index in [0.717, 1.165) is 133 Å². The highest BCUT2D eigenvalue weighted by Crippen LogP contribution is 2.47. The molecule has 0 aliphatic carbocycles. The molecule has 0 spiro atoms. The Kier molecular flexibility index (Phi) is 20.5. The standard InChI is InChI=1S/C40H41F4N9O2.C30H41BN4O4.CH4/c1-4-37(27(2)54)53-22-21-52(28(53)3)34-13-11-33(12-14-34)50-19-17-49(18-20-50)32-9-5-29(6-10-32)30-7-16-38(45-24-30)40(43,44)39(55,25-51-26-46-47-48-51)35-15-8-31(41)23-36(35)42;1-7-27(22(2)36)35-21-20-34(28(35)37)26-14-12-25(13-15-26)33-18-16-32(17-19-33)24-10-8-23(9-11-24)31-38-29(3,4)30(5,6)39-31;/h5-16,21-24,26-27,37,54-55H,3-4,17-20,25H2,1-2H3;8-15,20-22,27,36H,7,16-19H2,1-6H3;1H4/t27?,37?,39-;;/m0../s1. The van der Waals surface area contributed by atoms with Crippen LogP contribution in [-0.2, 0) is 27.4 Å². The Labute approximate surface area is 553 Å². The predicted octanol–water partition coefficient (Wildman–Crippen LogP) is 10.5. The third-order valence-corrected chi connectivity index (χ3v) is 19.1. The zero-order valence-electron chi connectivity index (χ0n) is 54.4. The monoisotopic (exact) mass is 1300 g/mol. The van der Waals surface area contributed by atoms with Gasteiger partial charge < -0.3 is 54.0 Å². The van der Waals surface area contributed by atoms with Crippen molar-refractivity contribution in [3.8, 4) is 16.8 Å². The van der Waals surface area contributed by atoms with Gasteiger partial charge in [0, 0.05) is 129 Å². The van der Waals surface area contributed by atoms with Crippen LogP contribution < -0.4 is 35.7 Å². The largest absolute Gasteiger partial charge is 0.494 e. The lowest BCUT2D eigenvalue weighted by Gasteiger charge is -2.37. The second kappa shape index (κ2) is 28.3. The number of imidazole rings is 1. The molecule has 95 heavy (non-hydrogen) atoms. The van der Waals surface area contributed by atoms with Crippen LogP contribution in [0.4, 0.5) is 46.0 Å². The molecule has 24 heteroatoms. The number of benzene rings is 5. The van der Waals surface area contributed by atoms with E-state index < -0.39 is 53.2 Å². The summed E-state index contributed by atoms with van der Waals surface area (Å²) in [5.41, 5.74) is 2.98. The summed E-state index contributed by atoms with van der Waals surface area (Å²) in [7, 11) is -0.343. The van der Waals surface area contributed by atoms with Gasteiger partial charge in [0.15, 0.2) is 5.60 Å². The predicted molar refractivity (Wildman–Crippen MR) is 365 cm³/mol. The van der Waals surface area contributed by atoms with Gasteiger partial charge in [0.25, 0.3) is 0 Å². The van der Waals surface area contributed by atoms with E-state index in [1.54, 1.807) is 35.4 Å². The van der Waals surface area contributed by atoms with E-state index >= 15 is 8.78 Å². The van der Waals surface area contributed by atoms with Crippen LogP contribution >= 0.6 is 0 Å². The highest BCUT2D eigenvalue weighted by molar-refractivity contribution is 6.62. The van der Waals surface area contributed by atoms with Crippen molar-refractivity contribution in [3.63, 3.8) is 0 Å². The maximum absolute atomic E-state index is 16.2. The number of anilines is 5. The fraction of sp³-hybridized carbons (Fsp3) is 0.394. The number of tetrazole rings is 1. The quantitative estimate of drug-likeness (QED) is 0.0513. The van der Waals surface area contributed by atoms with Crippen molar-refractivity contribution in [2.24, 2.45) is 0 Å². The number of pyridine rings is 1. The van der Waals surface area contributed by atoms with Gasteiger partial charge in [0.05, 0.1) is 47.7 Å². The van der Waals surface area contributed by atoms with Crippen molar-refractivity contribution in [3.05, 3.63) is 210 Å². The molecule has 0 amide bonds. The molecule has 3 saturated heterocycles. The summed E-state index contributed by atoms with van der Waals surface area (Å²) in [4.78, 5) is 30.4. The molecule has 7 heterocycles. The van der Waals surface area contributed by atoms with Gasteiger partial charge in [0.2, 0.25) is 0 Å². The summed E-state index contributed by atoms with van der Waals surface area (Å²) in [5, 5.41) is 42.1. The molecule has 4 aliphatic rings.